The summed E-state index contributed by atoms with van der Waals surface area (Å²) in [5.41, 5.74) is 0. The lowest BCUT2D eigenvalue weighted by Gasteiger charge is -2.19. The molecule has 0 radical (unpaired) electrons. The molecular formula is C11H15BrN2OS. The highest BCUT2D eigenvalue weighted by atomic mass is 79.9. The summed E-state index contributed by atoms with van der Waals surface area (Å²) in [6.45, 7) is 3.76. The third-order valence-electron chi connectivity index (χ3n) is 2.79. The average molecular weight is 303 g/mol. The molecule has 1 aliphatic rings. The number of amides is 1. The molecule has 1 amide bonds. The monoisotopic (exact) mass is 302 g/mol. The molecule has 3 nitrogen and oxygen atoms in total. The van der Waals surface area contributed by atoms with Crippen molar-refractivity contribution in [1.82, 2.24) is 9.80 Å². The molecule has 0 saturated carbocycles. The van der Waals surface area contributed by atoms with E-state index >= 15 is 0 Å². The van der Waals surface area contributed by atoms with E-state index in [1.54, 1.807) is 0 Å². The number of halogens is 1. The molecule has 0 atom stereocenters. The van der Waals surface area contributed by atoms with Crippen LogP contribution >= 0.6 is 27.3 Å². The van der Waals surface area contributed by atoms with Crippen LogP contribution in [0.1, 0.15) is 16.1 Å². The Bertz CT molecular complexity index is 380. The number of likely N-dealkylation sites (N-methyl/N-ethyl adjacent to an activating group) is 1. The van der Waals surface area contributed by atoms with Crippen LogP contribution in [0.2, 0.25) is 0 Å². The van der Waals surface area contributed by atoms with Gasteiger partial charge in [0.25, 0.3) is 5.91 Å². The Labute approximate surface area is 108 Å². The Morgan fingerprint density at radius 1 is 1.31 bits per heavy atom. The Morgan fingerprint density at radius 2 is 2.12 bits per heavy atom. The summed E-state index contributed by atoms with van der Waals surface area (Å²) in [5, 5.41) is 0. The summed E-state index contributed by atoms with van der Waals surface area (Å²) in [4.78, 5) is 17.2. The summed E-state index contributed by atoms with van der Waals surface area (Å²) in [6.07, 6.45) is 1.06. The molecule has 5 heteroatoms. The number of thiophene rings is 1. The Kier molecular flexibility index (Phi) is 4.00. The summed E-state index contributed by atoms with van der Waals surface area (Å²) in [7, 11) is 2.11. The molecule has 1 fully saturated rings. The lowest BCUT2D eigenvalue weighted by Crippen LogP contribution is -2.34. The minimum absolute atomic E-state index is 0.172. The normalized spacial score (nSPS) is 18.5. The van der Waals surface area contributed by atoms with Crippen LogP contribution in [0.5, 0.6) is 0 Å². The highest BCUT2D eigenvalue weighted by molar-refractivity contribution is 9.11. The van der Waals surface area contributed by atoms with E-state index in [0.717, 1.165) is 41.3 Å². The molecule has 88 valence electrons. The molecule has 0 bridgehead atoms. The molecule has 1 aromatic rings. The lowest BCUT2D eigenvalue weighted by atomic mass is 10.3. The molecule has 0 aliphatic carbocycles. The van der Waals surface area contributed by atoms with Gasteiger partial charge >= 0.3 is 0 Å². The van der Waals surface area contributed by atoms with Gasteiger partial charge in [-0.3, -0.25) is 4.79 Å². The van der Waals surface area contributed by atoms with Gasteiger partial charge in [0.1, 0.15) is 0 Å². The van der Waals surface area contributed by atoms with Crippen LogP contribution in [0.4, 0.5) is 0 Å². The summed E-state index contributed by atoms with van der Waals surface area (Å²) in [6, 6.07) is 3.83. The first-order chi connectivity index (χ1) is 7.66. The highest BCUT2D eigenvalue weighted by Crippen LogP contribution is 2.23. The summed E-state index contributed by atoms with van der Waals surface area (Å²) >= 11 is 4.90. The zero-order chi connectivity index (χ0) is 11.5. The number of carbonyl (C=O) groups excluding carboxylic acids is 1. The Morgan fingerprint density at radius 3 is 2.81 bits per heavy atom. The number of hydrogen-bond acceptors (Lipinski definition) is 3. The Balaban J connectivity index is 2.04. The van der Waals surface area contributed by atoms with Gasteiger partial charge in [-0.15, -0.1) is 11.3 Å². The minimum atomic E-state index is 0.172. The van der Waals surface area contributed by atoms with Gasteiger partial charge < -0.3 is 9.80 Å². The lowest BCUT2D eigenvalue weighted by molar-refractivity contribution is 0.0767. The van der Waals surface area contributed by atoms with Crippen molar-refractivity contribution in [1.29, 1.82) is 0 Å². The molecule has 0 aromatic carbocycles. The zero-order valence-corrected chi connectivity index (χ0v) is 11.7. The third-order valence-corrected chi connectivity index (χ3v) is 4.40. The van der Waals surface area contributed by atoms with E-state index in [1.165, 1.54) is 11.3 Å². The van der Waals surface area contributed by atoms with Crippen molar-refractivity contribution in [3.05, 3.63) is 20.8 Å². The standard InChI is InChI=1S/C11H15BrN2OS/c1-13-5-2-6-14(8-7-13)11(15)9-3-4-10(12)16-9/h3-4H,2,5-8H2,1H3. The van der Waals surface area contributed by atoms with Crippen LogP contribution in [-0.2, 0) is 0 Å². The van der Waals surface area contributed by atoms with Crippen molar-refractivity contribution in [2.24, 2.45) is 0 Å². The number of rotatable bonds is 1. The van der Waals surface area contributed by atoms with Crippen molar-refractivity contribution in [3.63, 3.8) is 0 Å². The summed E-state index contributed by atoms with van der Waals surface area (Å²) < 4.78 is 1.02. The first-order valence-electron chi connectivity index (χ1n) is 5.40. The summed E-state index contributed by atoms with van der Waals surface area (Å²) in [5.74, 6) is 0.172. The van der Waals surface area contributed by atoms with Gasteiger partial charge in [0.15, 0.2) is 0 Å². The smallest absolute Gasteiger partial charge is 0.264 e. The van der Waals surface area contributed by atoms with Gasteiger partial charge in [-0.2, -0.15) is 0 Å². The number of nitrogens with zero attached hydrogens (tertiary/aromatic N) is 2. The predicted octanol–water partition coefficient (Wildman–Crippen LogP) is 2.29. The van der Waals surface area contributed by atoms with Crippen LogP contribution in [0.3, 0.4) is 0 Å². The first-order valence-corrected chi connectivity index (χ1v) is 7.01. The van der Waals surface area contributed by atoms with Crippen molar-refractivity contribution in [2.45, 2.75) is 6.42 Å². The second-order valence-corrected chi connectivity index (χ2v) is 6.52. The zero-order valence-electron chi connectivity index (χ0n) is 9.28. The second kappa shape index (κ2) is 5.29. The van der Waals surface area contributed by atoms with E-state index in [4.69, 9.17) is 0 Å². The van der Waals surface area contributed by atoms with Crippen LogP contribution in [-0.4, -0.2) is 48.9 Å². The molecule has 0 N–H and O–H groups in total. The quantitative estimate of drug-likeness (QED) is 0.795. The molecule has 1 aromatic heterocycles. The average Bonchev–Trinajstić information content (AvgIpc) is 2.57. The maximum atomic E-state index is 12.2. The van der Waals surface area contributed by atoms with E-state index in [1.807, 2.05) is 17.0 Å². The van der Waals surface area contributed by atoms with Gasteiger partial charge in [-0.25, -0.2) is 0 Å². The molecule has 0 spiro atoms. The molecule has 16 heavy (non-hydrogen) atoms. The SMILES string of the molecule is CN1CCCN(C(=O)c2ccc(Br)s2)CC1. The van der Waals surface area contributed by atoms with Gasteiger partial charge in [-0.05, 0) is 48.1 Å². The fourth-order valence-corrected chi connectivity index (χ4v) is 3.19. The highest BCUT2D eigenvalue weighted by Gasteiger charge is 2.19. The Hall–Kier alpha value is -0.390. The van der Waals surface area contributed by atoms with Crippen LogP contribution < -0.4 is 0 Å². The second-order valence-electron chi connectivity index (χ2n) is 4.05. The van der Waals surface area contributed by atoms with Crippen molar-refractivity contribution in [2.75, 3.05) is 33.2 Å². The van der Waals surface area contributed by atoms with Crippen molar-refractivity contribution in [3.8, 4) is 0 Å². The van der Waals surface area contributed by atoms with Crippen LogP contribution in [0.25, 0.3) is 0 Å². The van der Waals surface area contributed by atoms with Gasteiger partial charge in [0, 0.05) is 19.6 Å². The minimum Gasteiger partial charge on any atom is -0.337 e. The molecule has 1 aliphatic heterocycles. The van der Waals surface area contributed by atoms with Crippen molar-refractivity contribution >= 4 is 33.2 Å². The molecule has 0 unspecified atom stereocenters. The molecule has 2 heterocycles. The van der Waals surface area contributed by atoms with Gasteiger partial charge in [-0.1, -0.05) is 0 Å². The fourth-order valence-electron chi connectivity index (χ4n) is 1.83. The van der Waals surface area contributed by atoms with E-state index in [0.29, 0.717) is 0 Å². The van der Waals surface area contributed by atoms with Crippen LogP contribution in [0.15, 0.2) is 15.9 Å². The van der Waals surface area contributed by atoms with E-state index in [-0.39, 0.29) is 5.91 Å². The third kappa shape index (κ3) is 2.84. The maximum absolute atomic E-state index is 12.2. The van der Waals surface area contributed by atoms with Gasteiger partial charge in [0.05, 0.1) is 8.66 Å². The van der Waals surface area contributed by atoms with Crippen LogP contribution in [0, 0.1) is 0 Å². The van der Waals surface area contributed by atoms with E-state index in [9.17, 15) is 4.79 Å². The maximum Gasteiger partial charge on any atom is 0.264 e. The fraction of sp³-hybridized carbons (Fsp3) is 0.545. The first kappa shape index (κ1) is 12.1. The number of hydrogen-bond donors (Lipinski definition) is 0. The van der Waals surface area contributed by atoms with Gasteiger partial charge in [0.2, 0.25) is 0 Å². The molecule has 1 saturated heterocycles. The van der Waals surface area contributed by atoms with E-state index in [2.05, 4.69) is 27.9 Å². The number of carbonyl (C=O) groups is 1. The van der Waals surface area contributed by atoms with Crippen molar-refractivity contribution < 1.29 is 4.79 Å². The molecule has 2 rings (SSSR count). The largest absolute Gasteiger partial charge is 0.337 e. The topological polar surface area (TPSA) is 23.6 Å². The predicted molar refractivity (Wildman–Crippen MR) is 70.0 cm³/mol. The van der Waals surface area contributed by atoms with E-state index < -0.39 is 0 Å². The molecular weight excluding hydrogens is 288 g/mol.